The van der Waals surface area contributed by atoms with E-state index < -0.39 is 0 Å². The highest BCUT2D eigenvalue weighted by atomic mass is 16.1. The number of rotatable bonds is 6. The minimum absolute atomic E-state index is 0.260. The fourth-order valence-corrected chi connectivity index (χ4v) is 5.35. The van der Waals surface area contributed by atoms with Crippen molar-refractivity contribution < 1.29 is 9.69 Å². The first-order valence-electron chi connectivity index (χ1n) is 9.95. The van der Waals surface area contributed by atoms with Crippen LogP contribution in [0.3, 0.4) is 0 Å². The van der Waals surface area contributed by atoms with Gasteiger partial charge in [0.05, 0.1) is 13.1 Å². The Morgan fingerprint density at radius 3 is 2.58 bits per heavy atom. The molecular formula is C21H31N2O+. The Morgan fingerprint density at radius 2 is 1.88 bits per heavy atom. The third-order valence-corrected chi connectivity index (χ3v) is 6.68. The zero-order valence-electron chi connectivity index (χ0n) is 14.7. The smallest absolute Gasteiger partial charge is 0.220 e. The molecule has 0 spiro atoms. The fourth-order valence-electron chi connectivity index (χ4n) is 5.35. The summed E-state index contributed by atoms with van der Waals surface area (Å²) < 4.78 is 0. The third-order valence-electron chi connectivity index (χ3n) is 6.68. The molecule has 0 aromatic heterocycles. The highest BCUT2D eigenvalue weighted by Crippen LogP contribution is 2.49. The molecule has 1 aliphatic heterocycles. The number of carbonyl (C=O) groups is 1. The van der Waals surface area contributed by atoms with Crippen LogP contribution in [0.2, 0.25) is 0 Å². The molecule has 1 amide bonds. The zero-order chi connectivity index (χ0) is 16.4. The minimum Gasteiger partial charge on any atom is -0.352 e. The number of carbonyl (C=O) groups excluding carboxylic acids is 1. The Bertz CT molecular complexity index is 579. The van der Waals surface area contributed by atoms with Crippen LogP contribution in [0.5, 0.6) is 0 Å². The van der Waals surface area contributed by atoms with Gasteiger partial charge in [-0.25, -0.2) is 0 Å². The van der Waals surface area contributed by atoms with E-state index in [2.05, 4.69) is 29.6 Å². The lowest BCUT2D eigenvalue weighted by atomic mass is 9.86. The second-order valence-electron chi connectivity index (χ2n) is 8.32. The molecule has 24 heavy (non-hydrogen) atoms. The van der Waals surface area contributed by atoms with Crippen molar-refractivity contribution in [1.29, 1.82) is 0 Å². The number of nitrogens with one attached hydrogen (secondary N) is 2. The molecule has 3 atom stereocenters. The first-order valence-corrected chi connectivity index (χ1v) is 9.95. The molecule has 3 nitrogen and oxygen atoms in total. The highest BCUT2D eigenvalue weighted by Gasteiger charge is 2.40. The molecule has 130 valence electrons. The Hall–Kier alpha value is -1.35. The number of hydrogen-bond donors (Lipinski definition) is 2. The maximum absolute atomic E-state index is 12.4. The van der Waals surface area contributed by atoms with Crippen LogP contribution in [0.15, 0.2) is 24.3 Å². The lowest BCUT2D eigenvalue weighted by molar-refractivity contribution is -0.901. The van der Waals surface area contributed by atoms with Gasteiger partial charge in [0.15, 0.2) is 0 Å². The molecule has 3 heteroatoms. The van der Waals surface area contributed by atoms with Crippen LogP contribution in [-0.2, 0) is 17.9 Å². The molecule has 2 saturated carbocycles. The van der Waals surface area contributed by atoms with Crippen molar-refractivity contribution in [3.63, 3.8) is 0 Å². The van der Waals surface area contributed by atoms with Gasteiger partial charge in [0.2, 0.25) is 5.91 Å². The van der Waals surface area contributed by atoms with Crippen LogP contribution >= 0.6 is 0 Å². The van der Waals surface area contributed by atoms with Crippen molar-refractivity contribution in [2.24, 2.45) is 17.8 Å². The maximum atomic E-state index is 12.4. The molecule has 1 saturated heterocycles. The molecule has 3 aliphatic rings. The van der Waals surface area contributed by atoms with E-state index >= 15 is 0 Å². The van der Waals surface area contributed by atoms with E-state index in [9.17, 15) is 4.79 Å². The van der Waals surface area contributed by atoms with E-state index in [-0.39, 0.29) is 5.91 Å². The maximum Gasteiger partial charge on any atom is 0.220 e. The third kappa shape index (κ3) is 3.66. The number of quaternary nitrogens is 1. The molecule has 0 radical (unpaired) electrons. The van der Waals surface area contributed by atoms with E-state index in [0.717, 1.165) is 24.8 Å². The summed E-state index contributed by atoms with van der Waals surface area (Å²) >= 11 is 0. The normalized spacial score (nSPS) is 29.2. The summed E-state index contributed by atoms with van der Waals surface area (Å²) in [4.78, 5) is 14.1. The van der Waals surface area contributed by atoms with Gasteiger partial charge in [0, 0.05) is 31.4 Å². The standard InChI is InChI=1S/C21H30N2O/c24-21(13-20-12-16-7-8-17(20)11-16)22-14-18-5-1-2-6-19(18)15-23-9-3-4-10-23/h1-2,5-6,16-17,20H,3-4,7-15H2,(H,22,24)/p+1/t16-,17+,20+/m0/s1. The van der Waals surface area contributed by atoms with E-state index in [1.165, 1.54) is 62.7 Å². The van der Waals surface area contributed by atoms with E-state index in [1.54, 1.807) is 4.90 Å². The number of likely N-dealkylation sites (tertiary alicyclic amines) is 1. The molecule has 3 fully saturated rings. The van der Waals surface area contributed by atoms with Crippen molar-refractivity contribution in [2.75, 3.05) is 13.1 Å². The number of benzene rings is 1. The van der Waals surface area contributed by atoms with Gasteiger partial charge >= 0.3 is 0 Å². The second-order valence-corrected chi connectivity index (χ2v) is 8.32. The molecule has 4 rings (SSSR count). The van der Waals surface area contributed by atoms with Gasteiger partial charge in [-0.2, -0.15) is 0 Å². The average molecular weight is 327 g/mol. The zero-order valence-corrected chi connectivity index (χ0v) is 14.7. The Balaban J connectivity index is 1.29. The summed E-state index contributed by atoms with van der Waals surface area (Å²) in [6, 6.07) is 8.65. The molecule has 1 aromatic rings. The molecule has 2 aliphatic carbocycles. The second kappa shape index (κ2) is 7.26. The van der Waals surface area contributed by atoms with Crippen LogP contribution < -0.4 is 10.2 Å². The first kappa shape index (κ1) is 16.1. The SMILES string of the molecule is O=C(C[C@H]1C[C@H]2CC[C@@H]1C2)NCc1ccccc1C[NH+]1CCCC1. The summed E-state index contributed by atoms with van der Waals surface area (Å²) in [6.45, 7) is 4.40. The summed E-state index contributed by atoms with van der Waals surface area (Å²) in [5.74, 6) is 2.69. The summed E-state index contributed by atoms with van der Waals surface area (Å²) in [5, 5.41) is 3.20. The van der Waals surface area contributed by atoms with Crippen molar-refractivity contribution in [2.45, 2.75) is 58.0 Å². The van der Waals surface area contributed by atoms with Gasteiger partial charge in [-0.1, -0.05) is 30.7 Å². The van der Waals surface area contributed by atoms with Crippen LogP contribution in [0, 0.1) is 17.8 Å². The molecule has 2 N–H and O–H groups in total. The van der Waals surface area contributed by atoms with Gasteiger partial charge in [-0.05, 0) is 42.6 Å². The Kier molecular flexibility index (Phi) is 4.88. The molecular weight excluding hydrogens is 296 g/mol. The van der Waals surface area contributed by atoms with Crippen LogP contribution in [-0.4, -0.2) is 19.0 Å². The number of fused-ring (bicyclic) bond motifs is 2. The lowest BCUT2D eigenvalue weighted by Gasteiger charge is -2.21. The number of amides is 1. The van der Waals surface area contributed by atoms with Gasteiger partial charge in [0.1, 0.15) is 6.54 Å². The molecule has 0 unspecified atom stereocenters. The van der Waals surface area contributed by atoms with Gasteiger partial charge in [-0.3, -0.25) is 4.79 Å². The Labute approximate surface area is 145 Å². The van der Waals surface area contributed by atoms with Crippen molar-refractivity contribution in [3.05, 3.63) is 35.4 Å². The summed E-state index contributed by atoms with van der Waals surface area (Å²) in [6.07, 6.45) is 8.93. The van der Waals surface area contributed by atoms with Gasteiger partial charge < -0.3 is 10.2 Å². The van der Waals surface area contributed by atoms with Crippen LogP contribution in [0.25, 0.3) is 0 Å². The Morgan fingerprint density at radius 1 is 1.08 bits per heavy atom. The molecule has 1 heterocycles. The van der Waals surface area contributed by atoms with E-state index in [0.29, 0.717) is 12.5 Å². The van der Waals surface area contributed by atoms with Crippen molar-refractivity contribution in [3.8, 4) is 0 Å². The fraction of sp³-hybridized carbons (Fsp3) is 0.667. The van der Waals surface area contributed by atoms with Gasteiger partial charge in [-0.15, -0.1) is 0 Å². The van der Waals surface area contributed by atoms with E-state index in [4.69, 9.17) is 0 Å². The highest BCUT2D eigenvalue weighted by molar-refractivity contribution is 5.76. The minimum atomic E-state index is 0.260. The first-order chi connectivity index (χ1) is 11.8. The lowest BCUT2D eigenvalue weighted by Crippen LogP contribution is -3.08. The largest absolute Gasteiger partial charge is 0.352 e. The van der Waals surface area contributed by atoms with Crippen LogP contribution in [0.1, 0.15) is 56.1 Å². The van der Waals surface area contributed by atoms with Crippen LogP contribution in [0.4, 0.5) is 0 Å². The summed E-state index contributed by atoms with van der Waals surface area (Å²) in [5.41, 5.74) is 2.72. The average Bonchev–Trinajstić information content (AvgIpc) is 3.32. The predicted octanol–water partition coefficient (Wildman–Crippen LogP) is 2.31. The monoisotopic (exact) mass is 327 g/mol. The van der Waals surface area contributed by atoms with Gasteiger partial charge in [0.25, 0.3) is 0 Å². The molecule has 2 bridgehead atoms. The predicted molar refractivity (Wildman–Crippen MR) is 95.5 cm³/mol. The molecule has 1 aromatic carbocycles. The summed E-state index contributed by atoms with van der Waals surface area (Å²) in [7, 11) is 0. The quantitative estimate of drug-likeness (QED) is 0.826. The van der Waals surface area contributed by atoms with E-state index in [1.807, 2.05) is 0 Å². The van der Waals surface area contributed by atoms with Crippen molar-refractivity contribution in [1.82, 2.24) is 5.32 Å². The number of hydrogen-bond acceptors (Lipinski definition) is 1. The van der Waals surface area contributed by atoms with Crippen molar-refractivity contribution >= 4 is 5.91 Å². The topological polar surface area (TPSA) is 33.5 Å².